The summed E-state index contributed by atoms with van der Waals surface area (Å²) in [5.41, 5.74) is -1.35. The van der Waals surface area contributed by atoms with Crippen LogP contribution in [-0.4, -0.2) is 62.5 Å². The molecular weight excluding hydrogens is 391 g/mol. The van der Waals surface area contributed by atoms with Gasteiger partial charge in [0, 0.05) is 30.3 Å². The maximum Gasteiger partial charge on any atom is 0.435 e. The normalized spacial score (nSPS) is 27.0. The molecule has 2 aliphatic heterocycles. The molecule has 3 heterocycles. The lowest BCUT2D eigenvalue weighted by Gasteiger charge is -2.26. The SMILES string of the molecule is C[C@@H](C(=O)N1C[C@H]2CCc3c(C(F)(F)F)n[nH]c3[C@H]2C1)N1C(=O)NC(C)(C)C1=O. The van der Waals surface area contributed by atoms with Gasteiger partial charge in [-0.1, -0.05) is 0 Å². The number of aromatic nitrogens is 2. The van der Waals surface area contributed by atoms with Gasteiger partial charge in [-0.25, -0.2) is 9.69 Å². The van der Waals surface area contributed by atoms with Gasteiger partial charge in [0.15, 0.2) is 5.69 Å². The number of hydrogen-bond donors (Lipinski definition) is 2. The van der Waals surface area contributed by atoms with Crippen molar-refractivity contribution < 1.29 is 27.6 Å². The van der Waals surface area contributed by atoms with Crippen LogP contribution in [0.15, 0.2) is 0 Å². The average Bonchev–Trinajstić information content (AvgIpc) is 3.27. The van der Waals surface area contributed by atoms with Gasteiger partial charge in [0.2, 0.25) is 5.91 Å². The lowest BCUT2D eigenvalue weighted by atomic mass is 9.80. The van der Waals surface area contributed by atoms with Crippen LogP contribution in [0.2, 0.25) is 0 Å². The number of likely N-dealkylation sites (tertiary alicyclic amines) is 1. The Kier molecular flexibility index (Phi) is 4.22. The first-order valence-corrected chi connectivity index (χ1v) is 9.50. The van der Waals surface area contributed by atoms with E-state index in [0.29, 0.717) is 18.7 Å². The molecule has 0 radical (unpaired) electrons. The number of rotatable bonds is 2. The van der Waals surface area contributed by atoms with Crippen LogP contribution in [0.4, 0.5) is 18.0 Å². The summed E-state index contributed by atoms with van der Waals surface area (Å²) in [6, 6.07) is -1.61. The van der Waals surface area contributed by atoms with Gasteiger partial charge in [0.25, 0.3) is 5.91 Å². The second-order valence-corrected chi connectivity index (χ2v) is 8.52. The molecule has 1 aliphatic carbocycles. The molecule has 2 N–H and O–H groups in total. The average molecular weight is 413 g/mol. The van der Waals surface area contributed by atoms with E-state index in [9.17, 15) is 27.6 Å². The third kappa shape index (κ3) is 2.98. The van der Waals surface area contributed by atoms with Crippen LogP contribution < -0.4 is 5.32 Å². The Hall–Kier alpha value is -2.59. The predicted octanol–water partition coefficient (Wildman–Crippen LogP) is 1.64. The molecule has 0 spiro atoms. The minimum absolute atomic E-state index is 0.0136. The van der Waals surface area contributed by atoms with Crippen molar-refractivity contribution in [3.8, 4) is 0 Å². The number of hydrogen-bond acceptors (Lipinski definition) is 4. The van der Waals surface area contributed by atoms with Crippen molar-refractivity contribution in [3.63, 3.8) is 0 Å². The standard InChI is InChI=1S/C18H22F3N5O3/c1-8(26-15(28)17(2,3)22-16(26)29)14(27)25-6-9-4-5-10-12(11(9)7-25)23-24-13(10)18(19,20)21/h8-9,11H,4-7H2,1-3H3,(H,22,29)(H,23,24)/t8-,9+,11-/m0/s1. The van der Waals surface area contributed by atoms with Crippen LogP contribution in [0.1, 0.15) is 50.1 Å². The number of fused-ring (bicyclic) bond motifs is 3. The fourth-order valence-corrected chi connectivity index (χ4v) is 4.67. The first-order chi connectivity index (χ1) is 13.4. The minimum Gasteiger partial charge on any atom is -0.340 e. The Morgan fingerprint density at radius 1 is 1.28 bits per heavy atom. The first kappa shape index (κ1) is 19.7. The molecule has 0 unspecified atom stereocenters. The van der Waals surface area contributed by atoms with E-state index in [0.717, 1.165) is 4.90 Å². The highest BCUT2D eigenvalue weighted by Crippen LogP contribution is 2.44. The van der Waals surface area contributed by atoms with Crippen LogP contribution in [-0.2, 0) is 22.2 Å². The van der Waals surface area contributed by atoms with E-state index in [2.05, 4.69) is 15.5 Å². The van der Waals surface area contributed by atoms with Gasteiger partial charge in [-0.3, -0.25) is 14.7 Å². The molecule has 29 heavy (non-hydrogen) atoms. The zero-order chi connectivity index (χ0) is 21.3. The smallest absolute Gasteiger partial charge is 0.340 e. The molecule has 11 heteroatoms. The first-order valence-electron chi connectivity index (χ1n) is 9.50. The number of nitrogens with zero attached hydrogens (tertiary/aromatic N) is 3. The minimum atomic E-state index is -4.52. The van der Waals surface area contributed by atoms with Gasteiger partial charge in [0.1, 0.15) is 11.6 Å². The number of halogens is 3. The van der Waals surface area contributed by atoms with E-state index in [-0.39, 0.29) is 30.4 Å². The Labute approximate surface area is 164 Å². The molecule has 158 valence electrons. The van der Waals surface area contributed by atoms with E-state index in [4.69, 9.17) is 0 Å². The van der Waals surface area contributed by atoms with Gasteiger partial charge in [-0.2, -0.15) is 18.3 Å². The number of H-pyrrole nitrogens is 1. The molecule has 8 nitrogen and oxygen atoms in total. The topological polar surface area (TPSA) is 98.4 Å². The fourth-order valence-electron chi connectivity index (χ4n) is 4.67. The van der Waals surface area contributed by atoms with E-state index >= 15 is 0 Å². The highest BCUT2D eigenvalue weighted by Gasteiger charge is 2.50. The fraction of sp³-hybridized carbons (Fsp3) is 0.667. The molecule has 1 aromatic rings. The molecule has 0 aromatic carbocycles. The molecule has 3 aliphatic rings. The Morgan fingerprint density at radius 3 is 2.55 bits per heavy atom. The number of aromatic amines is 1. The van der Waals surface area contributed by atoms with Gasteiger partial charge in [-0.15, -0.1) is 0 Å². The molecule has 2 saturated heterocycles. The third-order valence-corrected chi connectivity index (χ3v) is 6.19. The van der Waals surface area contributed by atoms with E-state index in [1.54, 1.807) is 13.8 Å². The van der Waals surface area contributed by atoms with Crippen LogP contribution in [0, 0.1) is 5.92 Å². The molecule has 1 aromatic heterocycles. The number of imide groups is 1. The molecule has 0 bridgehead atoms. The number of carbonyl (C=O) groups excluding carboxylic acids is 3. The largest absolute Gasteiger partial charge is 0.435 e. The summed E-state index contributed by atoms with van der Waals surface area (Å²) in [6.45, 7) is 5.22. The molecule has 0 saturated carbocycles. The van der Waals surface area contributed by atoms with Crippen LogP contribution >= 0.6 is 0 Å². The second-order valence-electron chi connectivity index (χ2n) is 8.52. The van der Waals surface area contributed by atoms with Crippen molar-refractivity contribution >= 4 is 17.8 Å². The highest BCUT2D eigenvalue weighted by molar-refractivity contribution is 6.09. The molecule has 4 rings (SSSR count). The molecule has 4 amide bonds. The molecule has 2 fully saturated rings. The summed E-state index contributed by atoms with van der Waals surface area (Å²) in [6.07, 6.45) is -3.74. The third-order valence-electron chi connectivity index (χ3n) is 6.19. The number of alkyl halides is 3. The van der Waals surface area contributed by atoms with Gasteiger partial charge in [0.05, 0.1) is 0 Å². The van der Waals surface area contributed by atoms with Crippen LogP contribution in [0.25, 0.3) is 0 Å². The maximum absolute atomic E-state index is 13.2. The van der Waals surface area contributed by atoms with Crippen molar-refractivity contribution in [2.45, 2.75) is 57.3 Å². The van der Waals surface area contributed by atoms with E-state index < -0.39 is 41.3 Å². The quantitative estimate of drug-likeness (QED) is 0.720. The number of urea groups is 1. The molecular formula is C18H22F3N5O3. The second kappa shape index (κ2) is 6.20. The zero-order valence-electron chi connectivity index (χ0n) is 16.3. The van der Waals surface area contributed by atoms with Gasteiger partial charge in [-0.05, 0) is 39.5 Å². The zero-order valence-corrected chi connectivity index (χ0v) is 16.3. The summed E-state index contributed by atoms with van der Waals surface area (Å²) in [7, 11) is 0. The summed E-state index contributed by atoms with van der Waals surface area (Å²) in [4.78, 5) is 40.1. The van der Waals surface area contributed by atoms with Crippen molar-refractivity contribution in [1.82, 2.24) is 25.3 Å². The number of amides is 4. The van der Waals surface area contributed by atoms with Crippen molar-refractivity contribution in [3.05, 3.63) is 17.0 Å². The predicted molar refractivity (Wildman–Crippen MR) is 93.6 cm³/mol. The van der Waals surface area contributed by atoms with E-state index in [1.807, 2.05) is 0 Å². The monoisotopic (exact) mass is 413 g/mol. The molecule has 3 atom stereocenters. The lowest BCUT2D eigenvalue weighted by Crippen LogP contribution is -2.50. The number of nitrogens with one attached hydrogen (secondary N) is 2. The van der Waals surface area contributed by atoms with Gasteiger partial charge < -0.3 is 10.2 Å². The summed E-state index contributed by atoms with van der Waals surface area (Å²) in [5.74, 6) is -1.12. The maximum atomic E-state index is 13.2. The van der Waals surface area contributed by atoms with Gasteiger partial charge >= 0.3 is 12.2 Å². The van der Waals surface area contributed by atoms with Crippen molar-refractivity contribution in [1.29, 1.82) is 0 Å². The number of carbonyl (C=O) groups is 3. The Bertz CT molecular complexity index is 894. The van der Waals surface area contributed by atoms with Crippen LogP contribution in [0.5, 0.6) is 0 Å². The van der Waals surface area contributed by atoms with Crippen molar-refractivity contribution in [2.75, 3.05) is 13.1 Å². The Morgan fingerprint density at radius 2 is 1.97 bits per heavy atom. The summed E-state index contributed by atoms with van der Waals surface area (Å²) in [5, 5.41) is 8.56. The van der Waals surface area contributed by atoms with Crippen LogP contribution in [0.3, 0.4) is 0 Å². The van der Waals surface area contributed by atoms with E-state index in [1.165, 1.54) is 11.8 Å². The van der Waals surface area contributed by atoms with Crippen molar-refractivity contribution in [2.24, 2.45) is 5.92 Å². The lowest BCUT2D eigenvalue weighted by molar-refractivity contribution is -0.141. The Balaban J connectivity index is 1.53. The summed E-state index contributed by atoms with van der Waals surface area (Å²) >= 11 is 0. The highest BCUT2D eigenvalue weighted by atomic mass is 19.4. The summed E-state index contributed by atoms with van der Waals surface area (Å²) < 4.78 is 39.5.